The van der Waals surface area contributed by atoms with Crippen molar-refractivity contribution < 1.29 is 9.53 Å². The fourth-order valence-corrected chi connectivity index (χ4v) is 3.72. The van der Waals surface area contributed by atoms with E-state index in [0.717, 1.165) is 22.2 Å². The van der Waals surface area contributed by atoms with Gasteiger partial charge >= 0.3 is 6.09 Å². The first kappa shape index (κ1) is 19.0. The van der Waals surface area contributed by atoms with E-state index >= 15 is 0 Å². The van der Waals surface area contributed by atoms with Crippen molar-refractivity contribution in [2.75, 3.05) is 20.1 Å². The zero-order valence-electron chi connectivity index (χ0n) is 16.4. The van der Waals surface area contributed by atoms with Crippen LogP contribution < -0.4 is 5.43 Å². The minimum Gasteiger partial charge on any atom is -0.444 e. The first-order chi connectivity index (χ1) is 13.2. The van der Waals surface area contributed by atoms with Gasteiger partial charge in [0.05, 0.1) is 17.1 Å². The molecule has 1 N–H and O–H groups in total. The van der Waals surface area contributed by atoms with Crippen LogP contribution in [0.2, 0.25) is 5.15 Å². The summed E-state index contributed by atoms with van der Waals surface area (Å²) in [4.78, 5) is 22.9. The van der Waals surface area contributed by atoms with Crippen LogP contribution in [0, 0.1) is 5.92 Å². The number of carbonyl (C=O) groups is 1. The van der Waals surface area contributed by atoms with Crippen LogP contribution in [0.4, 0.5) is 4.79 Å². The Kier molecular flexibility index (Phi) is 4.67. The molecule has 0 saturated carbocycles. The Morgan fingerprint density at radius 1 is 1.29 bits per heavy atom. The van der Waals surface area contributed by atoms with E-state index in [-0.39, 0.29) is 12.1 Å². The molecular formula is C20H24ClN5O2. The Morgan fingerprint density at radius 3 is 2.75 bits per heavy atom. The number of hydrogen-bond donors (Lipinski definition) is 1. The molecule has 0 radical (unpaired) electrons. The van der Waals surface area contributed by atoms with Gasteiger partial charge in [-0.1, -0.05) is 11.6 Å². The summed E-state index contributed by atoms with van der Waals surface area (Å²) >= 11 is 6.03. The van der Waals surface area contributed by atoms with Crippen LogP contribution in [0.1, 0.15) is 26.3 Å². The van der Waals surface area contributed by atoms with Gasteiger partial charge in [-0.2, -0.15) is 0 Å². The molecule has 2 aromatic rings. The van der Waals surface area contributed by atoms with Crippen LogP contribution in [0.15, 0.2) is 30.6 Å². The molecule has 1 saturated heterocycles. The van der Waals surface area contributed by atoms with E-state index in [0.29, 0.717) is 24.2 Å². The molecule has 2 aromatic heterocycles. The number of pyridine rings is 2. The van der Waals surface area contributed by atoms with Gasteiger partial charge in [-0.05, 0) is 44.5 Å². The van der Waals surface area contributed by atoms with Gasteiger partial charge in [-0.25, -0.2) is 15.2 Å². The number of hydrazine groups is 1. The first-order valence-electron chi connectivity index (χ1n) is 9.31. The topological polar surface area (TPSA) is 70.6 Å². The van der Waals surface area contributed by atoms with Crippen LogP contribution in [0.25, 0.3) is 16.6 Å². The first-order valence-corrected chi connectivity index (χ1v) is 9.69. The molecule has 148 valence electrons. The Morgan fingerprint density at radius 2 is 2.04 bits per heavy atom. The van der Waals surface area contributed by atoms with Crippen LogP contribution in [-0.2, 0) is 4.74 Å². The molecule has 2 aliphatic rings. The standard InChI is InChI=1S/C20H24ClN5O2/c1-20(2,3)28-19(27)26-9-13(10-26)18-14(11-25(4)24-18)12-7-16-15(22-8-12)5-6-17(21)23-16/h5-8,11,13,18,24H,9-10H2,1-4H3. The van der Waals surface area contributed by atoms with Gasteiger partial charge in [0.25, 0.3) is 0 Å². The second kappa shape index (κ2) is 6.90. The normalized spacial score (nSPS) is 20.3. The number of nitrogens with zero attached hydrogens (tertiary/aromatic N) is 4. The Balaban J connectivity index is 1.51. The summed E-state index contributed by atoms with van der Waals surface area (Å²) < 4.78 is 5.46. The van der Waals surface area contributed by atoms with Crippen molar-refractivity contribution in [2.45, 2.75) is 32.4 Å². The molecule has 28 heavy (non-hydrogen) atoms. The Hall–Kier alpha value is -2.38. The second-order valence-corrected chi connectivity index (χ2v) is 8.73. The number of amides is 1. The zero-order chi connectivity index (χ0) is 20.1. The molecular weight excluding hydrogens is 378 g/mol. The summed E-state index contributed by atoms with van der Waals surface area (Å²) in [6.45, 7) is 6.95. The summed E-state index contributed by atoms with van der Waals surface area (Å²) in [5.41, 5.74) is 6.69. The maximum Gasteiger partial charge on any atom is 0.410 e. The maximum atomic E-state index is 12.2. The average Bonchev–Trinajstić information content (AvgIpc) is 2.92. The maximum absolute atomic E-state index is 12.2. The highest BCUT2D eigenvalue weighted by atomic mass is 35.5. The number of ether oxygens (including phenoxy) is 1. The van der Waals surface area contributed by atoms with Gasteiger partial charge in [0.2, 0.25) is 0 Å². The molecule has 1 unspecified atom stereocenters. The van der Waals surface area contributed by atoms with E-state index in [1.165, 1.54) is 0 Å². The molecule has 1 fully saturated rings. The van der Waals surface area contributed by atoms with Gasteiger partial charge in [0.15, 0.2) is 0 Å². The number of halogens is 1. The van der Waals surface area contributed by atoms with E-state index in [4.69, 9.17) is 16.3 Å². The largest absolute Gasteiger partial charge is 0.444 e. The fourth-order valence-electron chi connectivity index (χ4n) is 3.57. The molecule has 0 aliphatic carbocycles. The van der Waals surface area contributed by atoms with E-state index in [1.54, 1.807) is 11.0 Å². The molecule has 7 nitrogen and oxygen atoms in total. The molecule has 1 amide bonds. The van der Waals surface area contributed by atoms with Crippen molar-refractivity contribution >= 4 is 34.3 Å². The lowest BCUT2D eigenvalue weighted by Crippen LogP contribution is -2.58. The second-order valence-electron chi connectivity index (χ2n) is 8.34. The quantitative estimate of drug-likeness (QED) is 0.778. The third kappa shape index (κ3) is 3.77. The van der Waals surface area contributed by atoms with Crippen molar-refractivity contribution in [3.8, 4) is 0 Å². The van der Waals surface area contributed by atoms with Crippen molar-refractivity contribution in [1.82, 2.24) is 25.3 Å². The highest BCUT2D eigenvalue weighted by molar-refractivity contribution is 6.29. The van der Waals surface area contributed by atoms with Crippen molar-refractivity contribution in [1.29, 1.82) is 0 Å². The SMILES string of the molecule is CN1C=C(c2cnc3ccc(Cl)nc3c2)C(C2CN(C(=O)OC(C)(C)C)C2)N1. The predicted octanol–water partition coefficient (Wildman–Crippen LogP) is 3.31. The van der Waals surface area contributed by atoms with E-state index in [9.17, 15) is 4.79 Å². The predicted molar refractivity (Wildman–Crippen MR) is 109 cm³/mol. The fraction of sp³-hybridized carbons (Fsp3) is 0.450. The Bertz CT molecular complexity index is 949. The van der Waals surface area contributed by atoms with Gasteiger partial charge < -0.3 is 14.6 Å². The lowest BCUT2D eigenvalue weighted by atomic mass is 9.85. The van der Waals surface area contributed by atoms with Gasteiger partial charge in [0.1, 0.15) is 10.8 Å². The van der Waals surface area contributed by atoms with Crippen LogP contribution in [-0.4, -0.2) is 57.8 Å². The number of nitrogens with one attached hydrogen (secondary N) is 1. The third-order valence-corrected chi connectivity index (χ3v) is 5.09. The van der Waals surface area contributed by atoms with Crippen molar-refractivity contribution in [3.05, 3.63) is 41.3 Å². The van der Waals surface area contributed by atoms with E-state index in [2.05, 4.69) is 21.6 Å². The van der Waals surface area contributed by atoms with Crippen LogP contribution in [0.5, 0.6) is 0 Å². The molecule has 2 aliphatic heterocycles. The number of fused-ring (bicyclic) bond motifs is 1. The molecule has 0 spiro atoms. The minimum absolute atomic E-state index is 0.0992. The van der Waals surface area contributed by atoms with E-state index in [1.807, 2.05) is 51.2 Å². The molecule has 0 aromatic carbocycles. The minimum atomic E-state index is -0.482. The Labute approximate surface area is 169 Å². The zero-order valence-corrected chi connectivity index (χ0v) is 17.2. The summed E-state index contributed by atoms with van der Waals surface area (Å²) in [5.74, 6) is 0.298. The molecule has 4 rings (SSSR count). The highest BCUT2D eigenvalue weighted by Gasteiger charge is 2.41. The summed E-state index contributed by atoms with van der Waals surface area (Å²) in [7, 11) is 1.97. The number of rotatable bonds is 2. The smallest absolute Gasteiger partial charge is 0.410 e. The summed E-state index contributed by atoms with van der Waals surface area (Å²) in [6, 6.07) is 5.72. The molecule has 1 atom stereocenters. The lowest BCUT2D eigenvalue weighted by Gasteiger charge is -2.43. The van der Waals surface area contributed by atoms with Crippen molar-refractivity contribution in [3.63, 3.8) is 0 Å². The monoisotopic (exact) mass is 401 g/mol. The van der Waals surface area contributed by atoms with E-state index < -0.39 is 5.60 Å². The lowest BCUT2D eigenvalue weighted by molar-refractivity contribution is -0.00526. The molecule has 0 bridgehead atoms. The van der Waals surface area contributed by atoms with Crippen LogP contribution in [0.3, 0.4) is 0 Å². The highest BCUT2D eigenvalue weighted by Crippen LogP contribution is 2.33. The number of aromatic nitrogens is 2. The number of carbonyl (C=O) groups excluding carboxylic acids is 1. The number of hydrogen-bond acceptors (Lipinski definition) is 6. The molecule has 4 heterocycles. The molecule has 8 heteroatoms. The van der Waals surface area contributed by atoms with Gasteiger partial charge in [-0.3, -0.25) is 4.98 Å². The number of likely N-dealkylation sites (tertiary alicyclic amines) is 1. The van der Waals surface area contributed by atoms with Crippen LogP contribution >= 0.6 is 11.6 Å². The van der Waals surface area contributed by atoms with Gasteiger partial charge in [0, 0.05) is 44.0 Å². The summed E-state index contributed by atoms with van der Waals surface area (Å²) in [6.07, 6.45) is 3.67. The van der Waals surface area contributed by atoms with Crippen molar-refractivity contribution in [2.24, 2.45) is 5.92 Å². The third-order valence-electron chi connectivity index (χ3n) is 4.88. The van der Waals surface area contributed by atoms with Gasteiger partial charge in [-0.15, -0.1) is 0 Å². The summed E-state index contributed by atoms with van der Waals surface area (Å²) in [5, 5.41) is 2.40. The average molecular weight is 402 g/mol.